The number of fused-ring (bicyclic) bond motifs is 2. The van der Waals surface area contributed by atoms with E-state index >= 15 is 0 Å². The summed E-state index contributed by atoms with van der Waals surface area (Å²) in [5, 5.41) is 16.7. The number of amides is 1. The Morgan fingerprint density at radius 2 is 2.19 bits per heavy atom. The van der Waals surface area contributed by atoms with Gasteiger partial charge < -0.3 is 5.32 Å². The molecule has 0 spiro atoms. The van der Waals surface area contributed by atoms with Crippen LogP contribution in [0.1, 0.15) is 57.0 Å². The minimum absolute atomic E-state index is 0.0719. The second-order valence-corrected chi connectivity index (χ2v) is 7.50. The Labute approximate surface area is 157 Å². The van der Waals surface area contributed by atoms with E-state index in [0.717, 1.165) is 40.6 Å². The Bertz CT molecular complexity index is 1100. The molecule has 138 valence electrons. The predicted molar refractivity (Wildman–Crippen MR) is 96.3 cm³/mol. The first-order chi connectivity index (χ1) is 13.0. The average molecular weight is 387 g/mol. The summed E-state index contributed by atoms with van der Waals surface area (Å²) in [7, 11) is 0. The van der Waals surface area contributed by atoms with Gasteiger partial charge in [-0.25, -0.2) is 18.3 Å². The molecular weight excluding hydrogens is 372 g/mol. The molecule has 27 heavy (non-hydrogen) atoms. The zero-order valence-corrected chi connectivity index (χ0v) is 15.2. The number of aryl methyl sites for hydroxylation is 2. The number of carbonyl (C=O) groups excluding carboxylic acids is 1. The lowest BCUT2D eigenvalue weighted by atomic mass is 9.96. The lowest BCUT2D eigenvalue weighted by Gasteiger charge is -2.09. The van der Waals surface area contributed by atoms with E-state index in [2.05, 4.69) is 21.5 Å². The van der Waals surface area contributed by atoms with E-state index in [1.54, 1.807) is 6.92 Å². The van der Waals surface area contributed by atoms with Crippen molar-refractivity contribution in [2.45, 2.75) is 39.0 Å². The van der Waals surface area contributed by atoms with E-state index in [9.17, 15) is 18.8 Å². The fourth-order valence-electron chi connectivity index (χ4n) is 3.37. The van der Waals surface area contributed by atoms with Gasteiger partial charge in [-0.3, -0.25) is 4.79 Å². The largest absolute Gasteiger partial charge is 0.312 e. The monoisotopic (exact) mass is 387 g/mol. The zero-order chi connectivity index (χ0) is 19.1. The van der Waals surface area contributed by atoms with Crippen molar-refractivity contribution in [3.8, 4) is 6.07 Å². The Hall–Kier alpha value is -2.86. The number of aromatic nitrogens is 3. The SMILES string of the molecule is Cc1cc(C(F)F)n2ncc(C(=O)Nc3sc4c(c3C#N)CCCC4)c2n1. The van der Waals surface area contributed by atoms with E-state index in [-0.39, 0.29) is 16.9 Å². The molecule has 0 atom stereocenters. The number of alkyl halides is 2. The molecular formula is C18H15F2N5OS. The number of halogens is 2. The van der Waals surface area contributed by atoms with Crippen molar-refractivity contribution in [1.29, 1.82) is 5.26 Å². The minimum Gasteiger partial charge on any atom is -0.312 e. The van der Waals surface area contributed by atoms with Crippen LogP contribution in [-0.2, 0) is 12.8 Å². The number of anilines is 1. The van der Waals surface area contributed by atoms with Gasteiger partial charge in [0.05, 0.1) is 11.8 Å². The van der Waals surface area contributed by atoms with Crippen LogP contribution in [0.4, 0.5) is 13.8 Å². The molecule has 0 aliphatic heterocycles. The number of thiophene rings is 1. The molecule has 3 aromatic rings. The number of nitrogens with zero attached hydrogens (tertiary/aromatic N) is 4. The molecule has 1 N–H and O–H groups in total. The highest BCUT2D eigenvalue weighted by Crippen LogP contribution is 2.38. The number of hydrogen-bond acceptors (Lipinski definition) is 5. The van der Waals surface area contributed by atoms with Gasteiger partial charge in [-0.05, 0) is 44.2 Å². The van der Waals surface area contributed by atoms with Gasteiger partial charge in [0, 0.05) is 10.6 Å². The van der Waals surface area contributed by atoms with Gasteiger partial charge in [0.15, 0.2) is 5.65 Å². The van der Waals surface area contributed by atoms with Crippen LogP contribution in [0.5, 0.6) is 0 Å². The van der Waals surface area contributed by atoms with Gasteiger partial charge in [0.1, 0.15) is 22.3 Å². The molecule has 4 rings (SSSR count). The van der Waals surface area contributed by atoms with Crippen LogP contribution in [0.15, 0.2) is 12.3 Å². The summed E-state index contributed by atoms with van der Waals surface area (Å²) in [5.74, 6) is -0.515. The molecule has 0 aromatic carbocycles. The van der Waals surface area contributed by atoms with Crippen molar-refractivity contribution in [2.75, 3.05) is 5.32 Å². The van der Waals surface area contributed by atoms with Crippen molar-refractivity contribution >= 4 is 27.9 Å². The van der Waals surface area contributed by atoms with Crippen LogP contribution in [0.3, 0.4) is 0 Å². The topological polar surface area (TPSA) is 83.1 Å². The Kier molecular flexibility index (Phi) is 4.36. The fourth-order valence-corrected chi connectivity index (χ4v) is 4.61. The summed E-state index contributed by atoms with van der Waals surface area (Å²) in [5.41, 5.74) is 1.73. The molecule has 3 aromatic heterocycles. The Morgan fingerprint density at radius 1 is 1.41 bits per heavy atom. The van der Waals surface area contributed by atoms with Crippen molar-refractivity contribution in [1.82, 2.24) is 14.6 Å². The maximum atomic E-state index is 13.2. The third-order valence-electron chi connectivity index (χ3n) is 4.61. The van der Waals surface area contributed by atoms with Gasteiger partial charge in [0.25, 0.3) is 12.3 Å². The van der Waals surface area contributed by atoms with E-state index in [4.69, 9.17) is 0 Å². The smallest absolute Gasteiger partial charge is 0.280 e. The van der Waals surface area contributed by atoms with E-state index in [1.165, 1.54) is 23.6 Å². The molecule has 9 heteroatoms. The van der Waals surface area contributed by atoms with Gasteiger partial charge in [0.2, 0.25) is 0 Å². The molecule has 0 radical (unpaired) electrons. The van der Waals surface area contributed by atoms with Gasteiger partial charge in [-0.1, -0.05) is 0 Å². The molecule has 0 unspecified atom stereocenters. The van der Waals surface area contributed by atoms with Gasteiger partial charge in [-0.2, -0.15) is 10.4 Å². The quantitative estimate of drug-likeness (QED) is 0.735. The zero-order valence-electron chi connectivity index (χ0n) is 14.4. The molecule has 1 aliphatic rings. The van der Waals surface area contributed by atoms with Crippen LogP contribution >= 0.6 is 11.3 Å². The van der Waals surface area contributed by atoms with Crippen molar-refractivity contribution in [3.63, 3.8) is 0 Å². The van der Waals surface area contributed by atoms with Crippen LogP contribution < -0.4 is 5.32 Å². The number of carbonyl (C=O) groups is 1. The summed E-state index contributed by atoms with van der Waals surface area (Å²) in [6, 6.07) is 3.43. The average Bonchev–Trinajstić information content (AvgIpc) is 3.21. The van der Waals surface area contributed by atoms with Crippen molar-refractivity contribution in [2.24, 2.45) is 0 Å². The molecule has 1 aliphatic carbocycles. The molecule has 6 nitrogen and oxygen atoms in total. The van der Waals surface area contributed by atoms with E-state index in [1.807, 2.05) is 0 Å². The summed E-state index contributed by atoms with van der Waals surface area (Å²) in [6.07, 6.45) is 2.32. The summed E-state index contributed by atoms with van der Waals surface area (Å²) in [4.78, 5) is 18.1. The first kappa shape index (κ1) is 17.5. The van der Waals surface area contributed by atoms with Crippen LogP contribution in [-0.4, -0.2) is 20.5 Å². The number of nitrogens with one attached hydrogen (secondary N) is 1. The van der Waals surface area contributed by atoms with Crippen LogP contribution in [0, 0.1) is 18.3 Å². The summed E-state index contributed by atoms with van der Waals surface area (Å²) in [6.45, 7) is 1.58. The Balaban J connectivity index is 1.73. The standard InChI is InChI=1S/C18H15F2N5OS/c1-9-6-13(15(19)20)25-16(23-9)12(8-22-25)17(26)24-18-11(7-21)10-4-2-3-5-14(10)27-18/h6,8,15H,2-5H2,1H3,(H,24,26). The van der Waals surface area contributed by atoms with Crippen LogP contribution in [0.2, 0.25) is 0 Å². The lowest BCUT2D eigenvalue weighted by molar-refractivity contribution is 0.102. The van der Waals surface area contributed by atoms with E-state index < -0.39 is 12.3 Å². The van der Waals surface area contributed by atoms with Crippen LogP contribution in [0.25, 0.3) is 5.65 Å². The first-order valence-corrected chi connectivity index (χ1v) is 9.30. The number of nitriles is 1. The number of rotatable bonds is 3. The summed E-state index contributed by atoms with van der Waals surface area (Å²) >= 11 is 1.41. The van der Waals surface area contributed by atoms with Crippen molar-refractivity contribution < 1.29 is 13.6 Å². The lowest BCUT2D eigenvalue weighted by Crippen LogP contribution is -2.13. The molecule has 0 bridgehead atoms. The highest BCUT2D eigenvalue weighted by atomic mass is 32.1. The molecule has 0 saturated carbocycles. The van der Waals surface area contributed by atoms with Crippen molar-refractivity contribution in [3.05, 3.63) is 45.2 Å². The maximum Gasteiger partial charge on any atom is 0.280 e. The fraction of sp³-hybridized carbons (Fsp3) is 0.333. The third-order valence-corrected chi connectivity index (χ3v) is 5.81. The molecule has 0 saturated heterocycles. The highest BCUT2D eigenvalue weighted by molar-refractivity contribution is 7.16. The Morgan fingerprint density at radius 3 is 2.93 bits per heavy atom. The maximum absolute atomic E-state index is 13.2. The third kappa shape index (κ3) is 2.96. The second-order valence-electron chi connectivity index (χ2n) is 6.40. The first-order valence-electron chi connectivity index (χ1n) is 8.49. The number of hydrogen-bond donors (Lipinski definition) is 1. The molecule has 0 fully saturated rings. The minimum atomic E-state index is -2.74. The van der Waals surface area contributed by atoms with Gasteiger partial charge >= 0.3 is 0 Å². The molecule has 1 amide bonds. The summed E-state index contributed by atoms with van der Waals surface area (Å²) < 4.78 is 27.5. The predicted octanol–water partition coefficient (Wildman–Crippen LogP) is 4.04. The second kappa shape index (κ2) is 6.70. The molecule has 3 heterocycles. The normalized spacial score (nSPS) is 13.6. The van der Waals surface area contributed by atoms with Gasteiger partial charge in [-0.15, -0.1) is 11.3 Å². The highest BCUT2D eigenvalue weighted by Gasteiger charge is 2.24. The van der Waals surface area contributed by atoms with E-state index in [0.29, 0.717) is 16.3 Å².